The van der Waals surface area contributed by atoms with Crippen LogP contribution in [-0.4, -0.2) is 36.5 Å². The van der Waals surface area contributed by atoms with E-state index in [0.717, 1.165) is 5.66 Å². The van der Waals surface area contributed by atoms with Gasteiger partial charge in [0.15, 0.2) is 0 Å². The van der Waals surface area contributed by atoms with Crippen LogP contribution in [-0.2, 0) is 0 Å². The molecule has 0 saturated carbocycles. The van der Waals surface area contributed by atoms with Gasteiger partial charge >= 0.3 is 0 Å². The lowest BCUT2D eigenvalue weighted by Crippen LogP contribution is -2.14. The van der Waals surface area contributed by atoms with Crippen LogP contribution in [0.15, 0.2) is 0 Å². The van der Waals surface area contributed by atoms with Gasteiger partial charge in [0.05, 0.1) is 0 Å². The molecule has 0 nitrogen and oxygen atoms in total. The van der Waals surface area contributed by atoms with E-state index in [9.17, 15) is 0 Å². The van der Waals surface area contributed by atoms with E-state index in [1.54, 1.807) is 6.16 Å². The van der Waals surface area contributed by atoms with Crippen LogP contribution in [0.1, 0.15) is 66.7 Å². The Hall–Kier alpha value is 0.860. The molecule has 0 aliphatic heterocycles. The molecule has 0 spiro atoms. The summed E-state index contributed by atoms with van der Waals surface area (Å²) in [7, 11) is 0.694. The Morgan fingerprint density at radius 1 is 0.667 bits per heavy atom. The minimum atomic E-state index is 0.338. The maximum Gasteiger partial charge on any atom is -0.0172 e. The number of rotatable bonds is 12. The van der Waals surface area contributed by atoms with Crippen molar-refractivity contribution in [3.63, 3.8) is 0 Å². The highest BCUT2D eigenvalue weighted by atomic mass is 31.1. The van der Waals surface area contributed by atoms with Crippen molar-refractivity contribution in [1.29, 1.82) is 0 Å². The second kappa shape index (κ2) is 12.9. The predicted molar refractivity (Wildman–Crippen MR) is 93.4 cm³/mol. The van der Waals surface area contributed by atoms with Gasteiger partial charge in [0.1, 0.15) is 0 Å². The third-order valence-electron chi connectivity index (χ3n) is 3.56. The van der Waals surface area contributed by atoms with Crippen LogP contribution in [0, 0.1) is 0 Å². The Labute approximate surface area is 119 Å². The maximum absolute atomic E-state index is 2.44. The van der Waals surface area contributed by atoms with Crippen molar-refractivity contribution in [2.75, 3.05) is 30.8 Å². The SMILES string of the molecule is CCCP(CCC)CC(CC)P(CCC)CCC. The quantitative estimate of drug-likeness (QED) is 0.366. The average Bonchev–Trinajstić information content (AvgIpc) is 2.36. The third kappa shape index (κ3) is 8.12. The topological polar surface area (TPSA) is 0 Å². The highest BCUT2D eigenvalue weighted by Crippen LogP contribution is 2.50. The molecule has 110 valence electrons. The van der Waals surface area contributed by atoms with Gasteiger partial charge in [-0.2, -0.15) is 0 Å². The molecule has 0 aromatic carbocycles. The molecule has 1 atom stereocenters. The highest BCUT2D eigenvalue weighted by molar-refractivity contribution is 7.62. The van der Waals surface area contributed by atoms with E-state index in [4.69, 9.17) is 0 Å². The van der Waals surface area contributed by atoms with E-state index in [0.29, 0.717) is 15.8 Å². The third-order valence-corrected chi connectivity index (χ3v) is 10.6. The van der Waals surface area contributed by atoms with Gasteiger partial charge in [-0.1, -0.05) is 60.3 Å². The molecule has 0 aromatic heterocycles. The molecule has 0 rings (SSSR count). The molecule has 1 unspecified atom stereocenters. The molecule has 18 heavy (non-hydrogen) atoms. The van der Waals surface area contributed by atoms with E-state index in [1.807, 2.05) is 0 Å². The molecule has 0 radical (unpaired) electrons. The van der Waals surface area contributed by atoms with Gasteiger partial charge in [-0.25, -0.2) is 0 Å². The van der Waals surface area contributed by atoms with Crippen LogP contribution in [0.2, 0.25) is 0 Å². The van der Waals surface area contributed by atoms with Gasteiger partial charge in [0, 0.05) is 0 Å². The normalized spacial score (nSPS) is 13.5. The Kier molecular flexibility index (Phi) is 13.5. The van der Waals surface area contributed by atoms with Crippen LogP contribution < -0.4 is 0 Å². The molecule has 0 N–H and O–H groups in total. The number of hydrogen-bond donors (Lipinski definition) is 0. The smallest absolute Gasteiger partial charge is 0.0172 e. The standard InChI is InChI=1S/C16H36P2/c1-6-11-17(12-7-2)15-16(10-5)18(13-8-3)14-9-4/h16H,6-15H2,1-5H3. The molecule has 0 aromatic rings. The van der Waals surface area contributed by atoms with E-state index in [2.05, 4.69) is 34.6 Å². The summed E-state index contributed by atoms with van der Waals surface area (Å²) in [5, 5.41) is 0. The maximum atomic E-state index is 2.44. The van der Waals surface area contributed by atoms with Crippen LogP contribution in [0.5, 0.6) is 0 Å². The van der Waals surface area contributed by atoms with Crippen LogP contribution in [0.4, 0.5) is 0 Å². The second-order valence-corrected chi connectivity index (χ2v) is 10.8. The Morgan fingerprint density at radius 2 is 1.11 bits per heavy atom. The summed E-state index contributed by atoms with van der Waals surface area (Å²) in [5.41, 5.74) is 1.09. The lowest BCUT2D eigenvalue weighted by Gasteiger charge is -2.30. The van der Waals surface area contributed by atoms with Crippen molar-refractivity contribution in [3.05, 3.63) is 0 Å². The van der Waals surface area contributed by atoms with Crippen LogP contribution >= 0.6 is 15.8 Å². The van der Waals surface area contributed by atoms with Crippen LogP contribution in [0.25, 0.3) is 0 Å². The molecule has 0 bridgehead atoms. The zero-order valence-electron chi connectivity index (χ0n) is 13.5. The molecular weight excluding hydrogens is 254 g/mol. The van der Waals surface area contributed by atoms with Crippen molar-refractivity contribution in [2.24, 2.45) is 0 Å². The average molecular weight is 290 g/mol. The van der Waals surface area contributed by atoms with Gasteiger partial charge in [-0.05, 0) is 42.9 Å². The summed E-state index contributed by atoms with van der Waals surface area (Å²) in [6.07, 6.45) is 14.8. The first-order valence-electron chi connectivity index (χ1n) is 8.19. The minimum absolute atomic E-state index is 0.338. The highest BCUT2D eigenvalue weighted by Gasteiger charge is 2.21. The molecule has 0 heterocycles. The van der Waals surface area contributed by atoms with E-state index >= 15 is 0 Å². The van der Waals surface area contributed by atoms with E-state index in [1.165, 1.54) is 56.8 Å². The van der Waals surface area contributed by atoms with Crippen molar-refractivity contribution in [2.45, 2.75) is 72.4 Å². The lowest BCUT2D eigenvalue weighted by atomic mass is 10.4. The molecule has 0 amide bonds. The molecule has 0 saturated heterocycles. The molecule has 0 aliphatic carbocycles. The predicted octanol–water partition coefficient (Wildman–Crippen LogP) is 6.37. The summed E-state index contributed by atoms with van der Waals surface area (Å²) >= 11 is 0. The first kappa shape index (κ1) is 18.9. The monoisotopic (exact) mass is 290 g/mol. The Morgan fingerprint density at radius 3 is 1.44 bits per heavy atom. The van der Waals surface area contributed by atoms with Gasteiger partial charge in [-0.3, -0.25) is 0 Å². The zero-order valence-corrected chi connectivity index (χ0v) is 15.3. The van der Waals surface area contributed by atoms with Crippen molar-refractivity contribution >= 4 is 15.8 Å². The molecule has 0 aliphatic rings. The van der Waals surface area contributed by atoms with Crippen LogP contribution in [0.3, 0.4) is 0 Å². The fourth-order valence-corrected chi connectivity index (χ4v) is 9.72. The summed E-state index contributed by atoms with van der Waals surface area (Å²) in [5.74, 6) is 0. The number of hydrogen-bond acceptors (Lipinski definition) is 0. The van der Waals surface area contributed by atoms with Crippen molar-refractivity contribution in [3.8, 4) is 0 Å². The van der Waals surface area contributed by atoms with Gasteiger partial charge in [0.2, 0.25) is 0 Å². The summed E-state index contributed by atoms with van der Waals surface area (Å²) in [6.45, 7) is 11.9. The van der Waals surface area contributed by atoms with Gasteiger partial charge in [-0.15, -0.1) is 15.8 Å². The summed E-state index contributed by atoms with van der Waals surface area (Å²) in [4.78, 5) is 0. The molecule has 2 heteroatoms. The molecule has 0 fully saturated rings. The lowest BCUT2D eigenvalue weighted by molar-refractivity contribution is 0.872. The second-order valence-electron chi connectivity index (χ2n) is 5.40. The Balaban J connectivity index is 4.39. The fraction of sp³-hybridized carbons (Fsp3) is 1.00. The zero-order chi connectivity index (χ0) is 13.8. The first-order valence-corrected chi connectivity index (χ1v) is 11.9. The largest absolute Gasteiger partial charge is 0.106 e. The van der Waals surface area contributed by atoms with E-state index < -0.39 is 0 Å². The van der Waals surface area contributed by atoms with Crippen molar-refractivity contribution in [1.82, 2.24) is 0 Å². The molecular formula is C16H36P2. The summed E-state index contributed by atoms with van der Waals surface area (Å²) in [6, 6.07) is 0. The van der Waals surface area contributed by atoms with E-state index in [-0.39, 0.29) is 0 Å². The minimum Gasteiger partial charge on any atom is -0.106 e. The van der Waals surface area contributed by atoms with Gasteiger partial charge in [0.25, 0.3) is 0 Å². The Bertz CT molecular complexity index is 158. The first-order chi connectivity index (χ1) is 8.73. The fourth-order valence-electron chi connectivity index (χ4n) is 2.78. The van der Waals surface area contributed by atoms with Gasteiger partial charge < -0.3 is 0 Å². The summed E-state index contributed by atoms with van der Waals surface area (Å²) < 4.78 is 0. The van der Waals surface area contributed by atoms with Crippen molar-refractivity contribution < 1.29 is 0 Å².